The van der Waals surface area contributed by atoms with Gasteiger partial charge < -0.3 is 15.4 Å². The highest BCUT2D eigenvalue weighted by molar-refractivity contribution is 5.74. The Labute approximate surface area is 148 Å². The molecule has 2 aromatic rings. The summed E-state index contributed by atoms with van der Waals surface area (Å²) >= 11 is 0. The molecule has 2 N–H and O–H groups in total. The van der Waals surface area contributed by atoms with E-state index in [2.05, 4.69) is 28.7 Å². The second-order valence-electron chi connectivity index (χ2n) is 6.78. The Kier molecular flexibility index (Phi) is 4.97. The fourth-order valence-electron chi connectivity index (χ4n) is 3.32. The first-order valence-electron chi connectivity index (χ1n) is 8.72. The lowest BCUT2D eigenvalue weighted by Crippen LogP contribution is -2.45. The smallest absolute Gasteiger partial charge is 0.315 e. The molecule has 25 heavy (non-hydrogen) atoms. The largest absolute Gasteiger partial charge is 0.488 e. The molecule has 0 fully saturated rings. The summed E-state index contributed by atoms with van der Waals surface area (Å²) < 4.78 is 7.72. The fraction of sp³-hybridized carbons (Fsp3) is 0.474. The SMILES string of the molecule is Cc1nn(C)c(C)c1CC(C)NC(=O)NCC1Cc2ccccc2O1. The number of urea groups is 1. The van der Waals surface area contributed by atoms with Gasteiger partial charge in [0.1, 0.15) is 11.9 Å². The minimum atomic E-state index is -0.161. The molecule has 6 heteroatoms. The van der Waals surface area contributed by atoms with E-state index in [0.717, 1.165) is 30.0 Å². The van der Waals surface area contributed by atoms with Crippen LogP contribution in [0, 0.1) is 13.8 Å². The van der Waals surface area contributed by atoms with Crippen LogP contribution in [-0.2, 0) is 19.9 Å². The second-order valence-corrected chi connectivity index (χ2v) is 6.78. The van der Waals surface area contributed by atoms with E-state index >= 15 is 0 Å². The van der Waals surface area contributed by atoms with Gasteiger partial charge in [-0.3, -0.25) is 4.68 Å². The van der Waals surface area contributed by atoms with Crippen LogP contribution in [-0.4, -0.2) is 34.5 Å². The van der Waals surface area contributed by atoms with Crippen LogP contribution in [0.4, 0.5) is 4.79 Å². The van der Waals surface area contributed by atoms with Gasteiger partial charge in [-0.25, -0.2) is 4.79 Å². The van der Waals surface area contributed by atoms with Gasteiger partial charge in [0.2, 0.25) is 0 Å². The quantitative estimate of drug-likeness (QED) is 0.876. The zero-order valence-corrected chi connectivity index (χ0v) is 15.3. The first kappa shape index (κ1) is 17.3. The van der Waals surface area contributed by atoms with E-state index in [0.29, 0.717) is 6.54 Å². The number of rotatable bonds is 5. The lowest BCUT2D eigenvalue weighted by molar-refractivity contribution is 0.212. The van der Waals surface area contributed by atoms with E-state index in [1.807, 2.05) is 43.8 Å². The zero-order chi connectivity index (χ0) is 18.0. The van der Waals surface area contributed by atoms with Crippen LogP contribution in [0.2, 0.25) is 0 Å². The number of nitrogens with zero attached hydrogens (tertiary/aromatic N) is 2. The van der Waals surface area contributed by atoms with Crippen molar-refractivity contribution in [2.75, 3.05) is 6.54 Å². The molecule has 0 radical (unpaired) electrons. The average Bonchev–Trinajstić information content (AvgIpc) is 3.09. The first-order valence-corrected chi connectivity index (χ1v) is 8.72. The Morgan fingerprint density at radius 2 is 2.16 bits per heavy atom. The molecular formula is C19H26N4O2. The molecule has 0 aliphatic carbocycles. The van der Waals surface area contributed by atoms with Gasteiger partial charge >= 0.3 is 6.03 Å². The van der Waals surface area contributed by atoms with Gasteiger partial charge in [-0.15, -0.1) is 0 Å². The van der Waals surface area contributed by atoms with Crippen molar-refractivity contribution in [3.63, 3.8) is 0 Å². The summed E-state index contributed by atoms with van der Waals surface area (Å²) in [5.41, 5.74) is 4.56. The van der Waals surface area contributed by atoms with Crippen LogP contribution in [0.5, 0.6) is 5.75 Å². The molecule has 1 aromatic carbocycles. The third-order valence-corrected chi connectivity index (χ3v) is 4.75. The van der Waals surface area contributed by atoms with Gasteiger partial charge in [0.15, 0.2) is 0 Å². The molecule has 134 valence electrons. The molecule has 2 heterocycles. The van der Waals surface area contributed by atoms with Crippen LogP contribution in [0.25, 0.3) is 0 Å². The van der Waals surface area contributed by atoms with Crippen molar-refractivity contribution in [3.05, 3.63) is 46.8 Å². The monoisotopic (exact) mass is 342 g/mol. The zero-order valence-electron chi connectivity index (χ0n) is 15.3. The number of hydrogen-bond acceptors (Lipinski definition) is 3. The summed E-state index contributed by atoms with van der Waals surface area (Å²) in [7, 11) is 1.94. The molecule has 0 saturated heterocycles. The number of hydrogen-bond donors (Lipinski definition) is 2. The number of carbonyl (C=O) groups is 1. The molecule has 2 unspecified atom stereocenters. The Morgan fingerprint density at radius 3 is 2.84 bits per heavy atom. The van der Waals surface area contributed by atoms with Crippen molar-refractivity contribution in [3.8, 4) is 5.75 Å². The van der Waals surface area contributed by atoms with E-state index in [-0.39, 0.29) is 18.2 Å². The van der Waals surface area contributed by atoms with E-state index in [9.17, 15) is 4.79 Å². The highest BCUT2D eigenvalue weighted by Crippen LogP contribution is 2.27. The summed E-state index contributed by atoms with van der Waals surface area (Å²) in [6.45, 7) is 6.56. The topological polar surface area (TPSA) is 68.2 Å². The summed E-state index contributed by atoms with van der Waals surface area (Å²) in [4.78, 5) is 12.1. The molecular weight excluding hydrogens is 316 g/mol. The summed E-state index contributed by atoms with van der Waals surface area (Å²) in [6, 6.07) is 7.88. The third-order valence-electron chi connectivity index (χ3n) is 4.75. The van der Waals surface area contributed by atoms with E-state index in [1.54, 1.807) is 0 Å². The number of fused-ring (bicyclic) bond motifs is 1. The van der Waals surface area contributed by atoms with Gasteiger partial charge in [0, 0.05) is 25.2 Å². The van der Waals surface area contributed by atoms with E-state index < -0.39 is 0 Å². The van der Waals surface area contributed by atoms with Crippen LogP contribution >= 0.6 is 0 Å². The molecule has 1 aliphatic rings. The number of nitrogens with one attached hydrogen (secondary N) is 2. The van der Waals surface area contributed by atoms with Crippen LogP contribution in [0.1, 0.15) is 29.4 Å². The maximum absolute atomic E-state index is 12.1. The van der Waals surface area contributed by atoms with Crippen molar-refractivity contribution in [2.45, 2.75) is 45.8 Å². The van der Waals surface area contributed by atoms with Gasteiger partial charge in [0.05, 0.1) is 12.2 Å². The maximum Gasteiger partial charge on any atom is 0.315 e. The Balaban J connectivity index is 1.45. The highest BCUT2D eigenvalue weighted by atomic mass is 16.5. The van der Waals surface area contributed by atoms with Gasteiger partial charge in [-0.05, 0) is 44.4 Å². The second kappa shape index (κ2) is 7.17. The molecule has 0 spiro atoms. The Hall–Kier alpha value is -2.50. The van der Waals surface area contributed by atoms with Crippen molar-refractivity contribution < 1.29 is 9.53 Å². The van der Waals surface area contributed by atoms with Crippen molar-refractivity contribution in [2.24, 2.45) is 7.05 Å². The Morgan fingerprint density at radius 1 is 1.40 bits per heavy atom. The normalized spacial score (nSPS) is 16.9. The van der Waals surface area contributed by atoms with Crippen molar-refractivity contribution in [1.82, 2.24) is 20.4 Å². The molecule has 1 aromatic heterocycles. The number of aryl methyl sites for hydroxylation is 2. The van der Waals surface area contributed by atoms with Gasteiger partial charge in [0.25, 0.3) is 0 Å². The van der Waals surface area contributed by atoms with Gasteiger partial charge in [-0.1, -0.05) is 18.2 Å². The maximum atomic E-state index is 12.1. The molecule has 0 bridgehead atoms. The van der Waals surface area contributed by atoms with Crippen LogP contribution < -0.4 is 15.4 Å². The average molecular weight is 342 g/mol. The lowest BCUT2D eigenvalue weighted by Gasteiger charge is -2.17. The van der Waals surface area contributed by atoms with E-state index in [4.69, 9.17) is 4.74 Å². The predicted octanol–water partition coefficient (Wildman–Crippen LogP) is 2.27. The number of ether oxygens (including phenoxy) is 1. The highest BCUT2D eigenvalue weighted by Gasteiger charge is 2.23. The molecule has 2 amide bonds. The van der Waals surface area contributed by atoms with E-state index in [1.165, 1.54) is 11.1 Å². The summed E-state index contributed by atoms with van der Waals surface area (Å²) in [5.74, 6) is 0.922. The molecule has 3 rings (SSSR count). The minimum absolute atomic E-state index is 0.00117. The number of benzene rings is 1. The Bertz CT molecular complexity index is 744. The summed E-state index contributed by atoms with van der Waals surface area (Å²) in [5, 5.41) is 10.3. The lowest BCUT2D eigenvalue weighted by atomic mass is 10.1. The number of para-hydroxylation sites is 1. The molecule has 1 aliphatic heterocycles. The number of amides is 2. The molecule has 6 nitrogen and oxygen atoms in total. The standard InChI is InChI=1S/C19H26N4O2/c1-12(9-17-13(2)22-23(4)14(17)3)21-19(24)20-11-16-10-15-7-5-6-8-18(15)25-16/h5-8,12,16H,9-11H2,1-4H3,(H2,20,21,24). The van der Waals surface area contributed by atoms with Crippen molar-refractivity contribution in [1.29, 1.82) is 0 Å². The summed E-state index contributed by atoms with van der Waals surface area (Å²) in [6.07, 6.45) is 1.60. The van der Waals surface area contributed by atoms with Gasteiger partial charge in [-0.2, -0.15) is 5.10 Å². The van der Waals surface area contributed by atoms with Crippen molar-refractivity contribution >= 4 is 6.03 Å². The molecule has 2 atom stereocenters. The molecule has 0 saturated carbocycles. The van der Waals surface area contributed by atoms with Crippen LogP contribution in [0.3, 0.4) is 0 Å². The first-order chi connectivity index (χ1) is 11.9. The number of carbonyl (C=O) groups excluding carboxylic acids is 1. The fourth-order valence-corrected chi connectivity index (χ4v) is 3.32. The van der Waals surface area contributed by atoms with Crippen LogP contribution in [0.15, 0.2) is 24.3 Å². The number of aromatic nitrogens is 2. The minimum Gasteiger partial charge on any atom is -0.488 e. The third kappa shape index (κ3) is 3.95. The predicted molar refractivity (Wildman–Crippen MR) is 96.9 cm³/mol.